The van der Waals surface area contributed by atoms with Crippen LogP contribution in [0.5, 0.6) is 0 Å². The van der Waals surface area contributed by atoms with Crippen molar-refractivity contribution in [2.75, 3.05) is 19.6 Å². The molecular formula is C17H25N3O2. The first-order valence-electron chi connectivity index (χ1n) is 7.95. The fourth-order valence-electron chi connectivity index (χ4n) is 2.66. The van der Waals surface area contributed by atoms with E-state index in [1.807, 2.05) is 37.3 Å². The first kappa shape index (κ1) is 16.5. The number of nitrogens with zero attached hydrogens (tertiary/aromatic N) is 1. The standard InChI is InChI=1S/C17H25N3O2/c1-13(11-18)12-19-17(22)16(14-7-3-2-4-8-14)20-10-6-5-9-15(20)21/h2-4,7-8,13,16H,5-6,9-12,18H2,1H3,(H,19,22). The van der Waals surface area contributed by atoms with Crippen molar-refractivity contribution in [2.45, 2.75) is 32.2 Å². The zero-order chi connectivity index (χ0) is 15.9. The Morgan fingerprint density at radius 3 is 2.68 bits per heavy atom. The van der Waals surface area contributed by atoms with Crippen LogP contribution in [0.4, 0.5) is 0 Å². The molecule has 1 fully saturated rings. The van der Waals surface area contributed by atoms with E-state index in [-0.39, 0.29) is 17.7 Å². The topological polar surface area (TPSA) is 75.4 Å². The van der Waals surface area contributed by atoms with Gasteiger partial charge in [0.2, 0.25) is 11.8 Å². The molecule has 0 aliphatic carbocycles. The molecule has 2 unspecified atom stereocenters. The third-order valence-electron chi connectivity index (χ3n) is 4.06. The Bertz CT molecular complexity index is 504. The van der Waals surface area contributed by atoms with E-state index in [0.29, 0.717) is 26.1 Å². The third kappa shape index (κ3) is 4.07. The van der Waals surface area contributed by atoms with Crippen molar-refractivity contribution in [3.63, 3.8) is 0 Å². The number of carbonyl (C=O) groups excluding carboxylic acids is 2. The largest absolute Gasteiger partial charge is 0.354 e. The summed E-state index contributed by atoms with van der Waals surface area (Å²) in [5, 5.41) is 2.94. The van der Waals surface area contributed by atoms with Gasteiger partial charge in [0.25, 0.3) is 0 Å². The van der Waals surface area contributed by atoms with Gasteiger partial charge in [0.05, 0.1) is 0 Å². The lowest BCUT2D eigenvalue weighted by Gasteiger charge is -2.34. The number of nitrogens with one attached hydrogen (secondary N) is 1. The molecule has 1 aromatic rings. The highest BCUT2D eigenvalue weighted by atomic mass is 16.2. The first-order chi connectivity index (χ1) is 10.6. The number of benzene rings is 1. The number of nitrogens with two attached hydrogens (primary N) is 1. The Kier molecular flexibility index (Phi) is 5.95. The van der Waals surface area contributed by atoms with E-state index >= 15 is 0 Å². The van der Waals surface area contributed by atoms with Crippen molar-refractivity contribution in [1.82, 2.24) is 10.2 Å². The maximum absolute atomic E-state index is 12.7. The van der Waals surface area contributed by atoms with Crippen LogP contribution in [-0.4, -0.2) is 36.3 Å². The Morgan fingerprint density at radius 1 is 1.32 bits per heavy atom. The second kappa shape index (κ2) is 7.94. The summed E-state index contributed by atoms with van der Waals surface area (Å²) in [6.45, 7) is 3.68. The van der Waals surface area contributed by atoms with Gasteiger partial charge in [-0.05, 0) is 30.9 Å². The molecule has 0 spiro atoms. The highest BCUT2D eigenvalue weighted by Gasteiger charge is 2.32. The molecule has 0 aromatic heterocycles. The molecule has 1 saturated heterocycles. The van der Waals surface area contributed by atoms with Gasteiger partial charge in [-0.1, -0.05) is 37.3 Å². The quantitative estimate of drug-likeness (QED) is 0.835. The molecule has 0 radical (unpaired) electrons. The van der Waals surface area contributed by atoms with E-state index in [0.717, 1.165) is 18.4 Å². The predicted octanol–water partition coefficient (Wildman–Crippen LogP) is 1.45. The van der Waals surface area contributed by atoms with Gasteiger partial charge in [0.1, 0.15) is 6.04 Å². The highest BCUT2D eigenvalue weighted by molar-refractivity contribution is 5.89. The average Bonchev–Trinajstić information content (AvgIpc) is 2.55. The minimum atomic E-state index is -0.543. The van der Waals surface area contributed by atoms with Crippen molar-refractivity contribution >= 4 is 11.8 Å². The number of rotatable bonds is 6. The van der Waals surface area contributed by atoms with E-state index in [4.69, 9.17) is 5.73 Å². The zero-order valence-corrected chi connectivity index (χ0v) is 13.1. The minimum absolute atomic E-state index is 0.0575. The van der Waals surface area contributed by atoms with Crippen LogP contribution in [0.3, 0.4) is 0 Å². The normalized spacial score (nSPS) is 17.9. The number of carbonyl (C=O) groups is 2. The van der Waals surface area contributed by atoms with Crippen LogP contribution in [0, 0.1) is 5.92 Å². The third-order valence-corrected chi connectivity index (χ3v) is 4.06. The zero-order valence-electron chi connectivity index (χ0n) is 13.1. The van der Waals surface area contributed by atoms with Gasteiger partial charge in [0.15, 0.2) is 0 Å². The van der Waals surface area contributed by atoms with Crippen LogP contribution >= 0.6 is 0 Å². The molecule has 22 heavy (non-hydrogen) atoms. The summed E-state index contributed by atoms with van der Waals surface area (Å²) in [5.74, 6) is 0.154. The second-order valence-corrected chi connectivity index (χ2v) is 5.94. The van der Waals surface area contributed by atoms with Crippen molar-refractivity contribution in [3.05, 3.63) is 35.9 Å². The van der Waals surface area contributed by atoms with Gasteiger partial charge in [-0.2, -0.15) is 0 Å². The number of piperidine rings is 1. The predicted molar refractivity (Wildman–Crippen MR) is 86.0 cm³/mol. The van der Waals surface area contributed by atoms with Gasteiger partial charge >= 0.3 is 0 Å². The fraction of sp³-hybridized carbons (Fsp3) is 0.529. The molecule has 3 N–H and O–H groups in total. The first-order valence-corrected chi connectivity index (χ1v) is 7.95. The summed E-state index contributed by atoms with van der Waals surface area (Å²) < 4.78 is 0. The van der Waals surface area contributed by atoms with E-state index in [9.17, 15) is 9.59 Å². The summed E-state index contributed by atoms with van der Waals surface area (Å²) in [4.78, 5) is 26.6. The number of amides is 2. The van der Waals surface area contributed by atoms with Gasteiger partial charge in [-0.3, -0.25) is 9.59 Å². The average molecular weight is 303 g/mol. The molecule has 2 amide bonds. The molecule has 0 saturated carbocycles. The van der Waals surface area contributed by atoms with Crippen LogP contribution < -0.4 is 11.1 Å². The lowest BCUT2D eigenvalue weighted by atomic mass is 10.00. The smallest absolute Gasteiger partial charge is 0.247 e. The molecule has 0 bridgehead atoms. The van der Waals surface area contributed by atoms with Gasteiger partial charge < -0.3 is 16.0 Å². The van der Waals surface area contributed by atoms with Crippen molar-refractivity contribution in [2.24, 2.45) is 11.7 Å². The lowest BCUT2D eigenvalue weighted by Crippen LogP contribution is -2.46. The van der Waals surface area contributed by atoms with Crippen LogP contribution in [0.1, 0.15) is 37.8 Å². The van der Waals surface area contributed by atoms with Gasteiger partial charge in [-0.25, -0.2) is 0 Å². The van der Waals surface area contributed by atoms with Gasteiger partial charge in [0, 0.05) is 19.5 Å². The summed E-state index contributed by atoms with van der Waals surface area (Å²) in [5.41, 5.74) is 6.45. The Labute approximate surface area is 131 Å². The molecule has 1 aliphatic heterocycles. The van der Waals surface area contributed by atoms with Crippen LogP contribution in [0.25, 0.3) is 0 Å². The minimum Gasteiger partial charge on any atom is -0.354 e. The second-order valence-electron chi connectivity index (χ2n) is 5.94. The summed E-state index contributed by atoms with van der Waals surface area (Å²) in [6.07, 6.45) is 2.38. The molecule has 5 nitrogen and oxygen atoms in total. The van der Waals surface area contributed by atoms with Crippen molar-refractivity contribution in [1.29, 1.82) is 0 Å². The molecule has 1 aliphatic rings. The maximum Gasteiger partial charge on any atom is 0.247 e. The maximum atomic E-state index is 12.7. The molecule has 5 heteroatoms. The van der Waals surface area contributed by atoms with E-state index in [2.05, 4.69) is 5.32 Å². The Balaban J connectivity index is 2.18. The fourth-order valence-corrected chi connectivity index (χ4v) is 2.66. The van der Waals surface area contributed by atoms with Crippen molar-refractivity contribution < 1.29 is 9.59 Å². The number of likely N-dealkylation sites (tertiary alicyclic amines) is 1. The summed E-state index contributed by atoms with van der Waals surface area (Å²) in [6, 6.07) is 8.96. The van der Waals surface area contributed by atoms with Crippen molar-refractivity contribution in [3.8, 4) is 0 Å². The lowest BCUT2D eigenvalue weighted by molar-refractivity contribution is -0.142. The molecule has 1 heterocycles. The molecule has 120 valence electrons. The van der Waals surface area contributed by atoms with Gasteiger partial charge in [-0.15, -0.1) is 0 Å². The number of hydrogen-bond acceptors (Lipinski definition) is 3. The Hall–Kier alpha value is -1.88. The highest BCUT2D eigenvalue weighted by Crippen LogP contribution is 2.25. The van der Waals surface area contributed by atoms with Crippen LogP contribution in [0.2, 0.25) is 0 Å². The summed E-state index contributed by atoms with van der Waals surface area (Å²) >= 11 is 0. The van der Waals surface area contributed by atoms with E-state index in [1.165, 1.54) is 0 Å². The SMILES string of the molecule is CC(CN)CNC(=O)C(c1ccccc1)N1CCCCC1=O. The summed E-state index contributed by atoms with van der Waals surface area (Å²) in [7, 11) is 0. The molecule has 2 atom stereocenters. The molecule has 1 aromatic carbocycles. The molecular weight excluding hydrogens is 278 g/mol. The van der Waals surface area contributed by atoms with E-state index in [1.54, 1.807) is 4.90 Å². The Morgan fingerprint density at radius 2 is 2.05 bits per heavy atom. The molecule has 2 rings (SSSR count). The van der Waals surface area contributed by atoms with E-state index < -0.39 is 6.04 Å². The van der Waals surface area contributed by atoms with Crippen LogP contribution in [0.15, 0.2) is 30.3 Å². The van der Waals surface area contributed by atoms with Crippen LogP contribution in [-0.2, 0) is 9.59 Å². The number of hydrogen-bond donors (Lipinski definition) is 2. The monoisotopic (exact) mass is 303 g/mol.